The molecule has 0 aromatic carbocycles. The Morgan fingerprint density at radius 2 is 1.51 bits per heavy atom. The van der Waals surface area contributed by atoms with Gasteiger partial charge in [0, 0.05) is 62.2 Å². The monoisotopic (exact) mass is 490 g/mol. The molecule has 4 rings (SSSR count). The number of carbonyl (C=O) groups excluding carboxylic acids is 5. The van der Waals surface area contributed by atoms with Crippen LogP contribution in [-0.2, 0) is 38.2 Å². The molecule has 4 aliphatic carbocycles. The molecule has 0 aromatic heterocycles. The Balaban J connectivity index is 2.02. The predicted molar refractivity (Wildman–Crippen MR) is 120 cm³/mol. The number of hydrogen-bond donors (Lipinski definition) is 1. The normalized spacial score (nSPS) is 43.6. The highest BCUT2D eigenvalue weighted by Gasteiger charge is 2.79. The van der Waals surface area contributed by atoms with Gasteiger partial charge in [0.2, 0.25) is 0 Å². The third-order valence-corrected chi connectivity index (χ3v) is 9.18. The van der Waals surface area contributed by atoms with E-state index in [4.69, 9.17) is 14.2 Å². The molecular weight excluding hydrogens is 456 g/mol. The molecule has 1 spiro atoms. The Morgan fingerprint density at radius 1 is 0.943 bits per heavy atom. The van der Waals surface area contributed by atoms with Crippen molar-refractivity contribution < 1.29 is 43.3 Å². The molecule has 0 aliphatic heterocycles. The first-order valence-electron chi connectivity index (χ1n) is 12.1. The molecule has 35 heavy (non-hydrogen) atoms. The molecule has 0 saturated heterocycles. The number of fused-ring (bicyclic) bond motifs is 3. The van der Waals surface area contributed by atoms with E-state index in [0.717, 1.165) is 0 Å². The Hall–Kier alpha value is -2.55. The van der Waals surface area contributed by atoms with Gasteiger partial charge >= 0.3 is 17.9 Å². The van der Waals surface area contributed by atoms with E-state index < -0.39 is 76.3 Å². The molecule has 2 bridgehead atoms. The first-order valence-corrected chi connectivity index (χ1v) is 12.1. The Labute approximate surface area is 204 Å². The summed E-state index contributed by atoms with van der Waals surface area (Å²) in [5.41, 5.74) is -3.39. The molecule has 0 aromatic rings. The molecule has 9 atom stereocenters. The second-order valence-electron chi connectivity index (χ2n) is 11.5. The van der Waals surface area contributed by atoms with Crippen molar-refractivity contribution in [3.63, 3.8) is 0 Å². The number of ketones is 2. The first kappa shape index (κ1) is 25.5. The summed E-state index contributed by atoms with van der Waals surface area (Å²) in [6.07, 6.45) is -3.67. The Bertz CT molecular complexity index is 1030. The van der Waals surface area contributed by atoms with Crippen LogP contribution in [0.2, 0.25) is 0 Å². The molecular formula is C26H34O9. The molecule has 0 radical (unpaired) electrons. The van der Waals surface area contributed by atoms with Gasteiger partial charge in [0.05, 0.1) is 11.5 Å². The maximum absolute atomic E-state index is 14.0. The van der Waals surface area contributed by atoms with Crippen LogP contribution in [0.25, 0.3) is 0 Å². The average Bonchev–Trinajstić information content (AvgIpc) is 2.81. The second-order valence-corrected chi connectivity index (χ2v) is 11.5. The number of hydrogen-bond acceptors (Lipinski definition) is 9. The summed E-state index contributed by atoms with van der Waals surface area (Å²) in [7, 11) is 0. The third-order valence-electron chi connectivity index (χ3n) is 9.18. The zero-order chi connectivity index (χ0) is 26.2. The van der Waals surface area contributed by atoms with Crippen molar-refractivity contribution >= 4 is 29.5 Å². The van der Waals surface area contributed by atoms with Gasteiger partial charge in [-0.05, 0) is 12.0 Å². The average molecular weight is 491 g/mol. The van der Waals surface area contributed by atoms with Crippen LogP contribution in [0.1, 0.15) is 60.8 Å². The lowest BCUT2D eigenvalue weighted by Gasteiger charge is -2.66. The molecule has 192 valence electrons. The number of aliphatic hydroxyl groups is 1. The van der Waals surface area contributed by atoms with Crippen LogP contribution in [0.5, 0.6) is 0 Å². The smallest absolute Gasteiger partial charge is 0.302 e. The van der Waals surface area contributed by atoms with Gasteiger partial charge in [-0.25, -0.2) is 0 Å². The molecule has 9 heteroatoms. The van der Waals surface area contributed by atoms with Crippen molar-refractivity contribution in [2.75, 3.05) is 0 Å². The van der Waals surface area contributed by atoms with Crippen molar-refractivity contribution in [3.05, 3.63) is 12.2 Å². The van der Waals surface area contributed by atoms with Crippen molar-refractivity contribution in [3.8, 4) is 0 Å². The molecule has 4 aliphatic rings. The quantitative estimate of drug-likeness (QED) is 0.358. The van der Waals surface area contributed by atoms with Crippen molar-refractivity contribution in [1.82, 2.24) is 0 Å². The fraction of sp³-hybridized carbons (Fsp3) is 0.731. The van der Waals surface area contributed by atoms with Crippen LogP contribution < -0.4 is 0 Å². The van der Waals surface area contributed by atoms with E-state index in [2.05, 4.69) is 6.58 Å². The Morgan fingerprint density at radius 3 is 2.06 bits per heavy atom. The van der Waals surface area contributed by atoms with Crippen LogP contribution >= 0.6 is 0 Å². The third kappa shape index (κ3) is 3.33. The lowest BCUT2D eigenvalue weighted by atomic mass is 9.38. The number of rotatable bonds is 3. The number of Topliss-reactive ketones (excluding diaryl/α,β-unsaturated/α-hetero) is 2. The van der Waals surface area contributed by atoms with Gasteiger partial charge < -0.3 is 19.3 Å². The fourth-order valence-electron chi connectivity index (χ4n) is 8.23. The van der Waals surface area contributed by atoms with E-state index in [1.54, 1.807) is 20.8 Å². The number of esters is 3. The van der Waals surface area contributed by atoms with Gasteiger partial charge in [-0.3, -0.25) is 24.0 Å². The molecule has 9 unspecified atom stereocenters. The highest BCUT2D eigenvalue weighted by molar-refractivity contribution is 6.07. The highest BCUT2D eigenvalue weighted by atomic mass is 16.6. The summed E-state index contributed by atoms with van der Waals surface area (Å²) >= 11 is 0. The molecule has 4 fully saturated rings. The summed E-state index contributed by atoms with van der Waals surface area (Å²) < 4.78 is 17.2. The van der Waals surface area contributed by atoms with Gasteiger partial charge in [-0.1, -0.05) is 27.4 Å². The topological polar surface area (TPSA) is 133 Å². The van der Waals surface area contributed by atoms with E-state index in [1.807, 2.05) is 0 Å². The zero-order valence-electron chi connectivity index (χ0n) is 21.1. The first-order chi connectivity index (χ1) is 16.1. The largest absolute Gasteiger partial charge is 0.462 e. The highest BCUT2D eigenvalue weighted by Crippen LogP contribution is 2.71. The fourth-order valence-corrected chi connectivity index (χ4v) is 8.23. The second kappa shape index (κ2) is 7.98. The predicted octanol–water partition coefficient (Wildman–Crippen LogP) is 1.93. The van der Waals surface area contributed by atoms with E-state index in [1.165, 1.54) is 20.8 Å². The van der Waals surface area contributed by atoms with Crippen molar-refractivity contribution in [2.45, 2.75) is 85.2 Å². The van der Waals surface area contributed by atoms with Gasteiger partial charge in [-0.15, -0.1) is 0 Å². The minimum Gasteiger partial charge on any atom is -0.462 e. The van der Waals surface area contributed by atoms with E-state index in [9.17, 15) is 29.1 Å². The van der Waals surface area contributed by atoms with Gasteiger partial charge in [0.1, 0.15) is 24.1 Å². The molecule has 0 amide bonds. The van der Waals surface area contributed by atoms with Crippen LogP contribution in [0.4, 0.5) is 0 Å². The molecule has 1 N–H and O–H groups in total. The van der Waals surface area contributed by atoms with Crippen LogP contribution in [0.3, 0.4) is 0 Å². The standard InChI is InChI=1S/C26H34O9/c1-11-15-8-17(33-12(2)27)21-25(7)19(34-13(3)28)9-18(31)24(5,6)20(25)16(30)10-26(21,22(11)32)23(15)35-14(4)29/h15,17-21,23,31H,1,8-10H2,2-7H3. The summed E-state index contributed by atoms with van der Waals surface area (Å²) in [5.74, 6) is -4.64. The zero-order valence-corrected chi connectivity index (χ0v) is 21.1. The van der Waals surface area contributed by atoms with Gasteiger partial charge in [0.15, 0.2) is 5.78 Å². The van der Waals surface area contributed by atoms with Gasteiger partial charge in [0.25, 0.3) is 0 Å². The van der Waals surface area contributed by atoms with Crippen molar-refractivity contribution in [2.24, 2.45) is 34.0 Å². The summed E-state index contributed by atoms with van der Waals surface area (Å²) in [4.78, 5) is 64.4. The van der Waals surface area contributed by atoms with E-state index in [0.29, 0.717) is 0 Å². The maximum Gasteiger partial charge on any atom is 0.302 e. The lowest BCUT2D eigenvalue weighted by molar-refractivity contribution is -0.261. The molecule has 4 saturated carbocycles. The van der Waals surface area contributed by atoms with E-state index >= 15 is 0 Å². The maximum atomic E-state index is 14.0. The lowest BCUT2D eigenvalue weighted by Crippen LogP contribution is -2.73. The summed E-state index contributed by atoms with van der Waals surface area (Å²) in [6.45, 7) is 13.1. The summed E-state index contributed by atoms with van der Waals surface area (Å²) in [6, 6.07) is 0. The molecule has 9 nitrogen and oxygen atoms in total. The number of carbonyl (C=O) groups is 5. The van der Waals surface area contributed by atoms with Gasteiger partial charge in [-0.2, -0.15) is 0 Å². The number of aliphatic hydroxyl groups excluding tert-OH is 1. The number of ether oxygens (including phenoxy) is 3. The minimum atomic E-state index is -1.51. The van der Waals surface area contributed by atoms with E-state index in [-0.39, 0.29) is 36.4 Å². The van der Waals surface area contributed by atoms with Crippen LogP contribution in [0.15, 0.2) is 12.2 Å². The summed E-state index contributed by atoms with van der Waals surface area (Å²) in [5, 5.41) is 11.0. The molecule has 0 heterocycles. The van der Waals surface area contributed by atoms with Crippen LogP contribution in [0, 0.1) is 34.0 Å². The Kier molecular flexibility index (Phi) is 5.82. The van der Waals surface area contributed by atoms with Crippen molar-refractivity contribution in [1.29, 1.82) is 0 Å². The SMILES string of the molecule is C=C1C(=O)C23CC(=O)C4C(C)(C)C(O)CC(OC(C)=O)C4(C)C2C(OC(C)=O)CC1C3OC(C)=O. The van der Waals surface area contributed by atoms with Crippen LogP contribution in [-0.4, -0.2) is 59.0 Å². The minimum absolute atomic E-state index is 0.0447.